The van der Waals surface area contributed by atoms with E-state index in [9.17, 15) is 13.2 Å². The first kappa shape index (κ1) is 13.1. The standard InChI is InChI=1S/C12H11N.CHF3/c1-3-7-11(8-4-1)13-12-9-5-2-6-10-12;2-1(3)4/h1-10,13H;1H. The van der Waals surface area contributed by atoms with Crippen LogP contribution in [0.1, 0.15) is 0 Å². The predicted molar refractivity (Wildman–Crippen MR) is 63.3 cm³/mol. The van der Waals surface area contributed by atoms with Gasteiger partial charge in [0.15, 0.2) is 0 Å². The Balaban J connectivity index is 0.000000317. The molecule has 0 atom stereocenters. The molecule has 90 valence electrons. The van der Waals surface area contributed by atoms with Crippen LogP contribution in [0.3, 0.4) is 0 Å². The summed E-state index contributed by atoms with van der Waals surface area (Å²) in [7, 11) is 0. The van der Waals surface area contributed by atoms with Gasteiger partial charge >= 0.3 is 6.68 Å². The molecule has 17 heavy (non-hydrogen) atoms. The highest BCUT2D eigenvalue weighted by Crippen LogP contribution is 2.14. The van der Waals surface area contributed by atoms with E-state index < -0.39 is 6.68 Å². The van der Waals surface area contributed by atoms with Gasteiger partial charge in [-0.25, -0.2) is 0 Å². The van der Waals surface area contributed by atoms with Crippen molar-refractivity contribution in [1.29, 1.82) is 0 Å². The average Bonchev–Trinajstić information content (AvgIpc) is 2.31. The van der Waals surface area contributed by atoms with Gasteiger partial charge in [-0.05, 0) is 24.3 Å². The molecule has 1 N–H and O–H groups in total. The average molecular weight is 239 g/mol. The summed E-state index contributed by atoms with van der Waals surface area (Å²) in [5.74, 6) is 0. The summed E-state index contributed by atoms with van der Waals surface area (Å²) in [6, 6.07) is 20.3. The normalized spacial score (nSPS) is 9.41. The monoisotopic (exact) mass is 239 g/mol. The maximum Gasteiger partial charge on any atom is 0.379 e. The van der Waals surface area contributed by atoms with Gasteiger partial charge in [0.25, 0.3) is 0 Å². The van der Waals surface area contributed by atoms with Gasteiger partial charge in [0, 0.05) is 11.4 Å². The minimum atomic E-state index is -3.67. The topological polar surface area (TPSA) is 12.0 Å². The fourth-order valence-electron chi connectivity index (χ4n) is 1.21. The third-order valence-electron chi connectivity index (χ3n) is 1.84. The van der Waals surface area contributed by atoms with E-state index >= 15 is 0 Å². The third-order valence-corrected chi connectivity index (χ3v) is 1.84. The van der Waals surface area contributed by atoms with Crippen molar-refractivity contribution in [2.45, 2.75) is 6.68 Å². The Morgan fingerprint density at radius 3 is 1.24 bits per heavy atom. The molecule has 0 bridgehead atoms. The number of halogens is 3. The van der Waals surface area contributed by atoms with Crippen molar-refractivity contribution in [1.82, 2.24) is 0 Å². The van der Waals surface area contributed by atoms with Crippen molar-refractivity contribution in [3.63, 3.8) is 0 Å². The van der Waals surface area contributed by atoms with Crippen LogP contribution in [0.4, 0.5) is 24.5 Å². The molecule has 0 saturated heterocycles. The maximum absolute atomic E-state index is 9.67. The maximum atomic E-state index is 9.67. The molecule has 0 radical (unpaired) electrons. The Labute approximate surface area is 97.9 Å². The quantitative estimate of drug-likeness (QED) is 0.807. The lowest BCUT2D eigenvalue weighted by Crippen LogP contribution is -1.87. The molecular weight excluding hydrogens is 227 g/mol. The highest BCUT2D eigenvalue weighted by Gasteiger charge is 1.89. The summed E-state index contributed by atoms with van der Waals surface area (Å²) >= 11 is 0. The minimum Gasteiger partial charge on any atom is -0.356 e. The van der Waals surface area contributed by atoms with Gasteiger partial charge in [-0.3, -0.25) is 0 Å². The van der Waals surface area contributed by atoms with E-state index in [1.54, 1.807) is 0 Å². The SMILES string of the molecule is FC(F)F.c1ccc(Nc2ccccc2)cc1. The van der Waals surface area contributed by atoms with Crippen LogP contribution >= 0.6 is 0 Å². The van der Waals surface area contributed by atoms with Crippen LogP contribution in [-0.2, 0) is 0 Å². The van der Waals surface area contributed by atoms with Gasteiger partial charge in [0.1, 0.15) is 0 Å². The molecule has 0 aliphatic rings. The van der Waals surface area contributed by atoms with Crippen LogP contribution in [-0.4, -0.2) is 6.68 Å². The Hall–Kier alpha value is -1.97. The molecule has 2 rings (SSSR count). The summed E-state index contributed by atoms with van der Waals surface area (Å²) in [6.07, 6.45) is 0. The summed E-state index contributed by atoms with van der Waals surface area (Å²) in [5.41, 5.74) is 2.24. The molecule has 2 aromatic rings. The van der Waals surface area contributed by atoms with Crippen molar-refractivity contribution in [2.75, 3.05) is 5.32 Å². The number of hydrogen-bond donors (Lipinski definition) is 1. The Morgan fingerprint density at radius 2 is 0.941 bits per heavy atom. The van der Waals surface area contributed by atoms with Crippen LogP contribution < -0.4 is 5.32 Å². The van der Waals surface area contributed by atoms with Crippen LogP contribution in [0.25, 0.3) is 0 Å². The zero-order valence-electron chi connectivity index (χ0n) is 8.98. The highest BCUT2D eigenvalue weighted by atomic mass is 19.4. The third kappa shape index (κ3) is 6.25. The van der Waals surface area contributed by atoms with E-state index in [0.717, 1.165) is 11.4 Å². The molecule has 0 saturated carbocycles. The fraction of sp³-hybridized carbons (Fsp3) is 0.0769. The van der Waals surface area contributed by atoms with E-state index in [-0.39, 0.29) is 0 Å². The molecule has 0 fully saturated rings. The lowest BCUT2D eigenvalue weighted by Gasteiger charge is -2.04. The van der Waals surface area contributed by atoms with Crippen molar-refractivity contribution in [3.05, 3.63) is 60.7 Å². The van der Waals surface area contributed by atoms with E-state index in [0.29, 0.717) is 0 Å². The van der Waals surface area contributed by atoms with Crippen molar-refractivity contribution < 1.29 is 13.2 Å². The zero-order valence-corrected chi connectivity index (χ0v) is 8.98. The van der Waals surface area contributed by atoms with E-state index in [4.69, 9.17) is 0 Å². The molecule has 4 heteroatoms. The van der Waals surface area contributed by atoms with Crippen molar-refractivity contribution in [2.24, 2.45) is 0 Å². The predicted octanol–water partition coefficient (Wildman–Crippen LogP) is 4.61. The lowest BCUT2D eigenvalue weighted by molar-refractivity contribution is 0.00819. The summed E-state index contributed by atoms with van der Waals surface area (Å²) < 4.78 is 29.0. The van der Waals surface area contributed by atoms with Crippen LogP contribution in [0.5, 0.6) is 0 Å². The Morgan fingerprint density at radius 1 is 0.647 bits per heavy atom. The molecule has 0 heterocycles. The molecule has 0 unspecified atom stereocenters. The number of benzene rings is 2. The molecule has 0 aromatic heterocycles. The molecule has 0 spiro atoms. The number of nitrogens with one attached hydrogen (secondary N) is 1. The Kier molecular flexibility index (Phi) is 5.64. The van der Waals surface area contributed by atoms with E-state index in [1.165, 1.54) is 0 Å². The van der Waals surface area contributed by atoms with Crippen molar-refractivity contribution >= 4 is 11.4 Å². The number of hydrogen-bond acceptors (Lipinski definition) is 1. The smallest absolute Gasteiger partial charge is 0.356 e. The van der Waals surface area contributed by atoms with Gasteiger partial charge in [-0.1, -0.05) is 36.4 Å². The number of rotatable bonds is 2. The number of para-hydroxylation sites is 2. The first-order valence-electron chi connectivity index (χ1n) is 4.98. The lowest BCUT2D eigenvalue weighted by atomic mass is 10.3. The highest BCUT2D eigenvalue weighted by molar-refractivity contribution is 5.58. The second-order valence-corrected chi connectivity index (χ2v) is 3.10. The minimum absolute atomic E-state index is 1.12. The molecule has 2 aromatic carbocycles. The first-order chi connectivity index (χ1) is 8.18. The summed E-state index contributed by atoms with van der Waals surface area (Å²) in [5, 5.41) is 3.30. The summed E-state index contributed by atoms with van der Waals surface area (Å²) in [4.78, 5) is 0. The fourth-order valence-corrected chi connectivity index (χ4v) is 1.21. The molecule has 1 nitrogen and oxygen atoms in total. The molecular formula is C13H12F3N. The largest absolute Gasteiger partial charge is 0.379 e. The Bertz CT molecular complexity index is 363. The molecule has 0 aliphatic heterocycles. The van der Waals surface area contributed by atoms with Gasteiger partial charge in [-0.15, -0.1) is 0 Å². The number of alkyl halides is 3. The van der Waals surface area contributed by atoms with Crippen molar-refractivity contribution in [3.8, 4) is 0 Å². The van der Waals surface area contributed by atoms with Gasteiger partial charge in [0.05, 0.1) is 0 Å². The van der Waals surface area contributed by atoms with Crippen LogP contribution in [0, 0.1) is 0 Å². The second kappa shape index (κ2) is 7.33. The first-order valence-corrected chi connectivity index (χ1v) is 4.98. The van der Waals surface area contributed by atoms with Crippen LogP contribution in [0.2, 0.25) is 0 Å². The summed E-state index contributed by atoms with van der Waals surface area (Å²) in [6.45, 7) is -3.67. The van der Waals surface area contributed by atoms with Crippen LogP contribution in [0.15, 0.2) is 60.7 Å². The molecule has 0 aliphatic carbocycles. The van der Waals surface area contributed by atoms with E-state index in [1.807, 2.05) is 60.7 Å². The van der Waals surface area contributed by atoms with E-state index in [2.05, 4.69) is 5.32 Å². The van der Waals surface area contributed by atoms with Gasteiger partial charge in [-0.2, -0.15) is 13.2 Å². The number of anilines is 2. The zero-order chi connectivity index (χ0) is 12.5. The molecule has 0 amide bonds. The van der Waals surface area contributed by atoms with Gasteiger partial charge in [0.2, 0.25) is 0 Å². The second-order valence-electron chi connectivity index (χ2n) is 3.10. The van der Waals surface area contributed by atoms with Gasteiger partial charge < -0.3 is 5.32 Å².